The number of hydrogen-bond donors (Lipinski definition) is 0. The smallest absolute Gasteiger partial charge is 0.253 e. The van der Waals surface area contributed by atoms with Gasteiger partial charge in [0.1, 0.15) is 17.2 Å². The van der Waals surface area contributed by atoms with Crippen LogP contribution in [0.15, 0.2) is 74.8 Å². The summed E-state index contributed by atoms with van der Waals surface area (Å²) < 4.78 is 12.3. The van der Waals surface area contributed by atoms with E-state index in [-0.39, 0.29) is 17.7 Å². The number of methoxy groups -OCH3 is 1. The Morgan fingerprint density at radius 3 is 2.84 bits per heavy atom. The first-order chi connectivity index (χ1) is 15.7. The lowest BCUT2D eigenvalue weighted by Gasteiger charge is -2.20. The zero-order valence-corrected chi connectivity index (χ0v) is 18.6. The van der Waals surface area contributed by atoms with E-state index >= 15 is 0 Å². The molecule has 0 unspecified atom stereocenters. The molecule has 32 heavy (non-hydrogen) atoms. The van der Waals surface area contributed by atoms with Crippen molar-refractivity contribution in [1.82, 2.24) is 25.2 Å². The monoisotopic (exact) mass is 466 g/mol. The SMILES string of the molecule is COc1ccc(-n2nnnc2SCC(=O)N2N=C(c3ccco3)C[C@H]2c2cccs2)cc1. The number of ether oxygens (including phenoxy) is 1. The van der Waals surface area contributed by atoms with Crippen LogP contribution in [0.3, 0.4) is 0 Å². The minimum absolute atomic E-state index is 0.126. The Hall–Kier alpha value is -3.44. The van der Waals surface area contributed by atoms with Gasteiger partial charge in [-0.25, -0.2) is 5.01 Å². The summed E-state index contributed by atoms with van der Waals surface area (Å²) in [5.41, 5.74) is 1.54. The van der Waals surface area contributed by atoms with Crippen LogP contribution >= 0.6 is 23.1 Å². The Morgan fingerprint density at radius 1 is 1.25 bits per heavy atom. The van der Waals surface area contributed by atoms with E-state index in [1.807, 2.05) is 53.9 Å². The number of aromatic nitrogens is 4. The molecule has 0 spiro atoms. The van der Waals surface area contributed by atoms with Gasteiger partial charge in [-0.15, -0.1) is 16.4 Å². The lowest BCUT2D eigenvalue weighted by atomic mass is 10.1. The summed E-state index contributed by atoms with van der Waals surface area (Å²) in [6, 6.07) is 14.9. The highest BCUT2D eigenvalue weighted by Crippen LogP contribution is 2.36. The van der Waals surface area contributed by atoms with E-state index in [9.17, 15) is 4.79 Å². The third kappa shape index (κ3) is 4.04. The van der Waals surface area contributed by atoms with Crippen molar-refractivity contribution in [3.8, 4) is 11.4 Å². The number of hydrazone groups is 1. The molecule has 0 saturated carbocycles. The zero-order valence-electron chi connectivity index (χ0n) is 17.0. The van der Waals surface area contributed by atoms with Gasteiger partial charge in [0, 0.05) is 11.3 Å². The molecular formula is C21H18N6O3S2. The number of thioether (sulfide) groups is 1. The van der Waals surface area contributed by atoms with Gasteiger partial charge in [0.05, 0.1) is 30.9 Å². The first-order valence-corrected chi connectivity index (χ1v) is 11.6. The van der Waals surface area contributed by atoms with Crippen molar-refractivity contribution in [3.05, 3.63) is 70.8 Å². The van der Waals surface area contributed by atoms with E-state index in [0.717, 1.165) is 22.0 Å². The van der Waals surface area contributed by atoms with Gasteiger partial charge in [-0.1, -0.05) is 17.8 Å². The Bertz CT molecular complexity index is 1220. The summed E-state index contributed by atoms with van der Waals surface area (Å²) >= 11 is 2.87. The van der Waals surface area contributed by atoms with Crippen molar-refractivity contribution in [3.63, 3.8) is 0 Å². The normalized spacial score (nSPS) is 15.7. The van der Waals surface area contributed by atoms with Crippen molar-refractivity contribution in [2.45, 2.75) is 17.6 Å². The van der Waals surface area contributed by atoms with Crippen molar-refractivity contribution in [1.29, 1.82) is 0 Å². The third-order valence-electron chi connectivity index (χ3n) is 4.93. The highest BCUT2D eigenvalue weighted by Gasteiger charge is 2.34. The predicted molar refractivity (Wildman–Crippen MR) is 120 cm³/mol. The number of benzene rings is 1. The maximum atomic E-state index is 13.2. The molecule has 0 fully saturated rings. The number of hydrogen-bond acceptors (Lipinski definition) is 9. The quantitative estimate of drug-likeness (QED) is 0.382. The highest BCUT2D eigenvalue weighted by molar-refractivity contribution is 7.99. The third-order valence-corrected chi connectivity index (χ3v) is 6.80. The number of rotatable bonds is 7. The Balaban J connectivity index is 1.33. The number of tetrazole rings is 1. The van der Waals surface area contributed by atoms with E-state index in [1.165, 1.54) is 11.8 Å². The summed E-state index contributed by atoms with van der Waals surface area (Å²) in [5.74, 6) is 1.44. The molecule has 5 rings (SSSR count). The largest absolute Gasteiger partial charge is 0.497 e. The molecule has 1 aromatic carbocycles. The maximum absolute atomic E-state index is 13.2. The molecule has 11 heteroatoms. The van der Waals surface area contributed by atoms with Crippen LogP contribution in [0.1, 0.15) is 23.1 Å². The van der Waals surface area contributed by atoms with E-state index < -0.39 is 0 Å². The molecule has 1 atom stereocenters. The second-order valence-electron chi connectivity index (χ2n) is 6.86. The molecule has 9 nitrogen and oxygen atoms in total. The van der Waals surface area contributed by atoms with E-state index in [1.54, 1.807) is 34.4 Å². The van der Waals surface area contributed by atoms with Gasteiger partial charge in [0.15, 0.2) is 0 Å². The van der Waals surface area contributed by atoms with Crippen molar-refractivity contribution >= 4 is 34.7 Å². The molecule has 1 amide bonds. The molecular weight excluding hydrogens is 448 g/mol. The molecule has 1 aliphatic rings. The molecule has 4 heterocycles. The van der Waals surface area contributed by atoms with Crippen LogP contribution in [0.2, 0.25) is 0 Å². The van der Waals surface area contributed by atoms with E-state index in [4.69, 9.17) is 9.15 Å². The fourth-order valence-electron chi connectivity index (χ4n) is 3.38. The predicted octanol–water partition coefficient (Wildman–Crippen LogP) is 3.80. The average Bonchev–Trinajstić information content (AvgIpc) is 3.63. The van der Waals surface area contributed by atoms with Crippen LogP contribution in [0.5, 0.6) is 5.75 Å². The lowest BCUT2D eigenvalue weighted by Crippen LogP contribution is -2.28. The van der Waals surface area contributed by atoms with Gasteiger partial charge in [0.25, 0.3) is 5.91 Å². The van der Waals surface area contributed by atoms with Crippen LogP contribution in [-0.4, -0.2) is 49.7 Å². The second kappa shape index (κ2) is 8.97. The molecule has 0 aliphatic carbocycles. The summed E-state index contributed by atoms with van der Waals surface area (Å²) in [4.78, 5) is 14.3. The average molecular weight is 467 g/mol. The first-order valence-electron chi connectivity index (χ1n) is 9.75. The summed E-state index contributed by atoms with van der Waals surface area (Å²) in [6.45, 7) is 0. The molecule has 162 valence electrons. The first kappa shape index (κ1) is 20.5. The maximum Gasteiger partial charge on any atom is 0.253 e. The number of nitrogens with zero attached hydrogens (tertiary/aromatic N) is 6. The molecule has 0 radical (unpaired) electrons. The Morgan fingerprint density at radius 2 is 2.12 bits per heavy atom. The van der Waals surface area contributed by atoms with Gasteiger partial charge in [-0.3, -0.25) is 4.79 Å². The van der Waals surface area contributed by atoms with Gasteiger partial charge < -0.3 is 9.15 Å². The topological polar surface area (TPSA) is 98.6 Å². The van der Waals surface area contributed by atoms with Crippen LogP contribution < -0.4 is 4.74 Å². The van der Waals surface area contributed by atoms with Gasteiger partial charge in [0.2, 0.25) is 5.16 Å². The van der Waals surface area contributed by atoms with Crippen molar-refractivity contribution in [2.75, 3.05) is 12.9 Å². The van der Waals surface area contributed by atoms with Crippen LogP contribution in [0, 0.1) is 0 Å². The van der Waals surface area contributed by atoms with E-state index in [0.29, 0.717) is 17.3 Å². The number of amides is 1. The number of furan rings is 1. The van der Waals surface area contributed by atoms with Gasteiger partial charge in [-0.2, -0.15) is 9.78 Å². The summed E-state index contributed by atoms with van der Waals surface area (Å²) in [5, 5.41) is 20.6. The minimum atomic E-state index is -0.152. The number of carbonyl (C=O) groups excluding carboxylic acids is 1. The lowest BCUT2D eigenvalue weighted by molar-refractivity contribution is -0.130. The Labute approximate surface area is 191 Å². The van der Waals surface area contributed by atoms with E-state index in [2.05, 4.69) is 20.6 Å². The highest BCUT2D eigenvalue weighted by atomic mass is 32.2. The standard InChI is InChI=1S/C21H18N6O3S2/c1-29-15-8-6-14(7-9-15)26-21(22-24-25-26)32-13-20(28)27-17(19-5-3-11-31-19)12-16(23-27)18-4-2-10-30-18/h2-11,17H,12-13H2,1H3/t17-/m0/s1. The molecule has 3 aromatic heterocycles. The number of thiophene rings is 1. The number of carbonyl (C=O) groups is 1. The fraction of sp³-hybridized carbons (Fsp3) is 0.190. The van der Waals surface area contributed by atoms with Crippen molar-refractivity contribution < 1.29 is 13.9 Å². The van der Waals surface area contributed by atoms with Crippen LogP contribution in [0.25, 0.3) is 5.69 Å². The fourth-order valence-corrected chi connectivity index (χ4v) is 4.94. The molecule has 0 bridgehead atoms. The molecule has 1 aliphatic heterocycles. The molecule has 0 N–H and O–H groups in total. The van der Waals surface area contributed by atoms with Gasteiger partial charge in [-0.05, 0) is 58.3 Å². The zero-order chi connectivity index (χ0) is 21.9. The summed E-state index contributed by atoms with van der Waals surface area (Å²) in [6.07, 6.45) is 2.21. The molecule has 4 aromatic rings. The van der Waals surface area contributed by atoms with Crippen LogP contribution in [0.4, 0.5) is 0 Å². The van der Waals surface area contributed by atoms with Gasteiger partial charge >= 0.3 is 0 Å². The summed E-state index contributed by atoms with van der Waals surface area (Å²) in [7, 11) is 1.61. The second-order valence-corrected chi connectivity index (χ2v) is 8.78. The Kier molecular flexibility index (Phi) is 5.73. The van der Waals surface area contributed by atoms with Crippen molar-refractivity contribution in [2.24, 2.45) is 5.10 Å². The molecule has 0 saturated heterocycles. The van der Waals surface area contributed by atoms with Crippen LogP contribution in [-0.2, 0) is 4.79 Å². The minimum Gasteiger partial charge on any atom is -0.497 e.